The van der Waals surface area contributed by atoms with Crippen LogP contribution in [0.5, 0.6) is 0 Å². The second kappa shape index (κ2) is 5.70. The number of rotatable bonds is 3. The van der Waals surface area contributed by atoms with E-state index < -0.39 is 14.9 Å². The van der Waals surface area contributed by atoms with Gasteiger partial charge in [0, 0.05) is 36.8 Å². The molecule has 1 N–H and O–H groups in total. The molecule has 0 aromatic heterocycles. The highest BCUT2D eigenvalue weighted by Crippen LogP contribution is 2.26. The van der Waals surface area contributed by atoms with E-state index in [1.54, 1.807) is 6.92 Å². The van der Waals surface area contributed by atoms with Crippen LogP contribution in [0.15, 0.2) is 23.1 Å². The molecule has 0 saturated carbocycles. The third kappa shape index (κ3) is 2.92. The lowest BCUT2D eigenvalue weighted by molar-refractivity contribution is -0.385. The summed E-state index contributed by atoms with van der Waals surface area (Å²) in [6.45, 7) is 6.32. The summed E-state index contributed by atoms with van der Waals surface area (Å²) >= 11 is 0. The van der Waals surface area contributed by atoms with Crippen molar-refractivity contribution in [3.63, 3.8) is 0 Å². The molecule has 0 radical (unpaired) electrons. The topological polar surface area (TPSA) is 92.6 Å². The first-order chi connectivity index (χ1) is 9.75. The highest BCUT2D eigenvalue weighted by Gasteiger charge is 2.34. The lowest BCUT2D eigenvalue weighted by atomic mass is 10.1. The maximum atomic E-state index is 12.7. The van der Waals surface area contributed by atoms with Crippen molar-refractivity contribution in [1.29, 1.82) is 0 Å². The molecule has 0 bridgehead atoms. The molecule has 1 aromatic carbocycles. The standard InChI is InChI=1S/C13H19N3O4S/c1-9-8-12(4-5-13(9)16(17)18)21(19,20)15-7-6-14-10(2)11(15)3/h4-5,8,10-11,14H,6-7H2,1-3H3. The summed E-state index contributed by atoms with van der Waals surface area (Å²) in [5, 5.41) is 14.0. The molecule has 1 aliphatic heterocycles. The minimum absolute atomic E-state index is 0.0627. The van der Waals surface area contributed by atoms with E-state index in [-0.39, 0.29) is 22.7 Å². The van der Waals surface area contributed by atoms with Gasteiger partial charge in [-0.05, 0) is 32.9 Å². The molecule has 21 heavy (non-hydrogen) atoms. The molecule has 0 amide bonds. The minimum Gasteiger partial charge on any atom is -0.311 e. The van der Waals surface area contributed by atoms with Gasteiger partial charge in [-0.1, -0.05) is 0 Å². The first kappa shape index (κ1) is 15.9. The molecule has 2 unspecified atom stereocenters. The summed E-state index contributed by atoms with van der Waals surface area (Å²) in [5.74, 6) is 0. The SMILES string of the molecule is Cc1cc(S(=O)(=O)N2CCNC(C)C2C)ccc1[N+](=O)[O-]. The Kier molecular flexibility index (Phi) is 4.31. The van der Waals surface area contributed by atoms with Gasteiger partial charge in [-0.25, -0.2) is 8.42 Å². The molecule has 1 aliphatic rings. The lowest BCUT2D eigenvalue weighted by Crippen LogP contribution is -2.57. The van der Waals surface area contributed by atoms with Gasteiger partial charge in [0.2, 0.25) is 10.0 Å². The number of hydrogen-bond acceptors (Lipinski definition) is 5. The Labute approximate surface area is 124 Å². The van der Waals surface area contributed by atoms with Gasteiger partial charge in [0.15, 0.2) is 0 Å². The van der Waals surface area contributed by atoms with E-state index in [0.29, 0.717) is 18.7 Å². The van der Waals surface area contributed by atoms with Crippen molar-refractivity contribution in [2.45, 2.75) is 37.8 Å². The summed E-state index contributed by atoms with van der Waals surface area (Å²) in [5.41, 5.74) is 0.271. The van der Waals surface area contributed by atoms with E-state index in [2.05, 4.69) is 5.32 Å². The van der Waals surface area contributed by atoms with Gasteiger partial charge >= 0.3 is 0 Å². The second-order valence-electron chi connectivity index (χ2n) is 5.30. The number of nitrogens with zero attached hydrogens (tertiary/aromatic N) is 2. The van der Waals surface area contributed by atoms with Crippen molar-refractivity contribution in [2.75, 3.05) is 13.1 Å². The maximum Gasteiger partial charge on any atom is 0.272 e. The summed E-state index contributed by atoms with van der Waals surface area (Å²) in [7, 11) is -3.64. The van der Waals surface area contributed by atoms with E-state index in [0.717, 1.165) is 0 Å². The lowest BCUT2D eigenvalue weighted by Gasteiger charge is -2.37. The molecule has 1 heterocycles. The van der Waals surface area contributed by atoms with Gasteiger partial charge in [0.05, 0.1) is 9.82 Å². The maximum absolute atomic E-state index is 12.7. The molecule has 116 valence electrons. The predicted octanol–water partition coefficient (Wildman–Crippen LogP) is 1.27. The fourth-order valence-electron chi connectivity index (χ4n) is 2.49. The van der Waals surface area contributed by atoms with Crippen LogP contribution in [0.3, 0.4) is 0 Å². The van der Waals surface area contributed by atoms with Gasteiger partial charge in [0.25, 0.3) is 5.69 Å². The normalized spacial score (nSPS) is 24.0. The Morgan fingerprint density at radius 1 is 1.38 bits per heavy atom. The third-order valence-corrected chi connectivity index (χ3v) is 5.93. The Morgan fingerprint density at radius 3 is 2.62 bits per heavy atom. The minimum atomic E-state index is -3.64. The van der Waals surface area contributed by atoms with E-state index in [9.17, 15) is 18.5 Å². The predicted molar refractivity (Wildman–Crippen MR) is 78.7 cm³/mol. The second-order valence-corrected chi connectivity index (χ2v) is 7.20. The average molecular weight is 313 g/mol. The van der Waals surface area contributed by atoms with Crippen molar-refractivity contribution in [3.8, 4) is 0 Å². The largest absolute Gasteiger partial charge is 0.311 e. The molecule has 1 saturated heterocycles. The van der Waals surface area contributed by atoms with Crippen LogP contribution in [0.2, 0.25) is 0 Å². The average Bonchev–Trinajstić information content (AvgIpc) is 2.41. The fourth-order valence-corrected chi connectivity index (χ4v) is 4.28. The number of nitrogens with one attached hydrogen (secondary N) is 1. The zero-order valence-corrected chi connectivity index (χ0v) is 13.1. The Bertz CT molecular complexity index is 659. The van der Waals surface area contributed by atoms with Crippen LogP contribution < -0.4 is 5.32 Å². The number of nitro benzene ring substituents is 1. The van der Waals surface area contributed by atoms with E-state index in [1.807, 2.05) is 13.8 Å². The van der Waals surface area contributed by atoms with Gasteiger partial charge in [-0.15, -0.1) is 0 Å². The summed E-state index contributed by atoms with van der Waals surface area (Å²) < 4.78 is 26.9. The Morgan fingerprint density at radius 2 is 2.05 bits per heavy atom. The van der Waals surface area contributed by atoms with Crippen LogP contribution in [0.25, 0.3) is 0 Å². The highest BCUT2D eigenvalue weighted by molar-refractivity contribution is 7.89. The molecule has 2 rings (SSSR count). The first-order valence-corrected chi connectivity index (χ1v) is 8.19. The Balaban J connectivity index is 2.40. The van der Waals surface area contributed by atoms with Crippen molar-refractivity contribution in [3.05, 3.63) is 33.9 Å². The van der Waals surface area contributed by atoms with E-state index >= 15 is 0 Å². The quantitative estimate of drug-likeness (QED) is 0.670. The van der Waals surface area contributed by atoms with Crippen molar-refractivity contribution >= 4 is 15.7 Å². The number of hydrogen-bond donors (Lipinski definition) is 1. The number of sulfonamides is 1. The Hall–Kier alpha value is -1.51. The number of benzene rings is 1. The van der Waals surface area contributed by atoms with Crippen LogP contribution >= 0.6 is 0 Å². The zero-order chi connectivity index (χ0) is 15.8. The monoisotopic (exact) mass is 313 g/mol. The van der Waals surface area contributed by atoms with Crippen molar-refractivity contribution in [2.24, 2.45) is 0 Å². The summed E-state index contributed by atoms with van der Waals surface area (Å²) in [4.78, 5) is 10.4. The number of aryl methyl sites for hydroxylation is 1. The van der Waals surface area contributed by atoms with Crippen LogP contribution in [0, 0.1) is 17.0 Å². The van der Waals surface area contributed by atoms with Crippen molar-refractivity contribution in [1.82, 2.24) is 9.62 Å². The summed E-state index contributed by atoms with van der Waals surface area (Å²) in [6, 6.07) is 3.82. The fraction of sp³-hybridized carbons (Fsp3) is 0.538. The van der Waals surface area contributed by atoms with Gasteiger partial charge in [-0.3, -0.25) is 10.1 Å². The number of piperazine rings is 1. The van der Waals surface area contributed by atoms with Gasteiger partial charge in [0.1, 0.15) is 0 Å². The summed E-state index contributed by atoms with van der Waals surface area (Å²) in [6.07, 6.45) is 0. The molecular weight excluding hydrogens is 294 g/mol. The van der Waals surface area contributed by atoms with Crippen LogP contribution in [-0.2, 0) is 10.0 Å². The molecule has 2 atom stereocenters. The van der Waals surface area contributed by atoms with Crippen molar-refractivity contribution < 1.29 is 13.3 Å². The highest BCUT2D eigenvalue weighted by atomic mass is 32.2. The molecule has 7 nitrogen and oxygen atoms in total. The molecule has 8 heteroatoms. The zero-order valence-electron chi connectivity index (χ0n) is 12.2. The smallest absolute Gasteiger partial charge is 0.272 e. The van der Waals surface area contributed by atoms with E-state index in [1.165, 1.54) is 22.5 Å². The van der Waals surface area contributed by atoms with Gasteiger partial charge in [-0.2, -0.15) is 4.31 Å². The first-order valence-electron chi connectivity index (χ1n) is 6.75. The molecular formula is C13H19N3O4S. The van der Waals surface area contributed by atoms with E-state index in [4.69, 9.17) is 0 Å². The molecule has 1 aromatic rings. The molecule has 1 fully saturated rings. The molecule has 0 aliphatic carbocycles. The number of nitro groups is 1. The third-order valence-electron chi connectivity index (χ3n) is 3.95. The molecule has 0 spiro atoms. The van der Waals surface area contributed by atoms with Crippen LogP contribution in [-0.4, -0.2) is 42.8 Å². The van der Waals surface area contributed by atoms with Gasteiger partial charge < -0.3 is 5.32 Å². The van der Waals surface area contributed by atoms with Crippen LogP contribution in [0.4, 0.5) is 5.69 Å². The van der Waals surface area contributed by atoms with Crippen LogP contribution in [0.1, 0.15) is 19.4 Å².